The molecule has 0 bridgehead atoms. The van der Waals surface area contributed by atoms with Crippen molar-refractivity contribution in [3.05, 3.63) is 59.1 Å². The van der Waals surface area contributed by atoms with Crippen molar-refractivity contribution in [3.8, 4) is 5.75 Å². The van der Waals surface area contributed by atoms with Gasteiger partial charge in [-0.2, -0.15) is 0 Å². The molecule has 27 heavy (non-hydrogen) atoms. The molecule has 1 unspecified atom stereocenters. The summed E-state index contributed by atoms with van der Waals surface area (Å²) in [6.07, 6.45) is -4.79. The van der Waals surface area contributed by atoms with E-state index in [1.807, 2.05) is 0 Å². The van der Waals surface area contributed by atoms with Crippen molar-refractivity contribution in [2.24, 2.45) is 0 Å². The SMILES string of the molecule is CC(NC(=O)CS(=O)(=O)c1ccc(Cl)cc1)c1ccc(OC(F)(F)F)cc1. The molecular formula is C17H15ClF3NO4S. The number of sulfone groups is 1. The molecule has 0 spiro atoms. The lowest BCUT2D eigenvalue weighted by atomic mass is 10.1. The highest BCUT2D eigenvalue weighted by atomic mass is 35.5. The lowest BCUT2D eigenvalue weighted by molar-refractivity contribution is -0.274. The number of benzene rings is 2. The highest BCUT2D eigenvalue weighted by Gasteiger charge is 2.31. The van der Waals surface area contributed by atoms with E-state index < -0.39 is 39.7 Å². The minimum Gasteiger partial charge on any atom is -0.406 e. The van der Waals surface area contributed by atoms with Crippen molar-refractivity contribution in [1.82, 2.24) is 5.32 Å². The number of rotatable bonds is 6. The molecule has 2 aromatic carbocycles. The van der Waals surface area contributed by atoms with Crippen LogP contribution in [-0.2, 0) is 14.6 Å². The fourth-order valence-corrected chi connectivity index (χ4v) is 3.49. The molecule has 0 saturated heterocycles. The van der Waals surface area contributed by atoms with Gasteiger partial charge in [-0.05, 0) is 48.9 Å². The van der Waals surface area contributed by atoms with Crippen molar-refractivity contribution >= 4 is 27.3 Å². The van der Waals surface area contributed by atoms with Crippen molar-refractivity contribution < 1.29 is 31.1 Å². The van der Waals surface area contributed by atoms with Crippen molar-refractivity contribution in [1.29, 1.82) is 0 Å². The molecule has 1 atom stereocenters. The Labute approximate surface area is 159 Å². The van der Waals surface area contributed by atoms with Crippen LogP contribution < -0.4 is 10.1 Å². The van der Waals surface area contributed by atoms with Gasteiger partial charge in [0.2, 0.25) is 5.91 Å². The van der Waals surface area contributed by atoms with E-state index in [-0.39, 0.29) is 4.90 Å². The summed E-state index contributed by atoms with van der Waals surface area (Å²) in [5, 5.41) is 2.86. The minimum absolute atomic E-state index is 0.0386. The van der Waals surface area contributed by atoms with Crippen LogP contribution in [0.15, 0.2) is 53.4 Å². The Hall–Kier alpha value is -2.26. The first kappa shape index (κ1) is 21.0. The molecular weight excluding hydrogens is 407 g/mol. The lowest BCUT2D eigenvalue weighted by Gasteiger charge is -2.15. The summed E-state index contributed by atoms with van der Waals surface area (Å²) in [5.41, 5.74) is 0.488. The van der Waals surface area contributed by atoms with Crippen LogP contribution in [0.5, 0.6) is 5.75 Å². The summed E-state index contributed by atoms with van der Waals surface area (Å²) in [6.45, 7) is 1.58. The zero-order valence-electron chi connectivity index (χ0n) is 14.0. The number of ether oxygens (including phenoxy) is 1. The first-order chi connectivity index (χ1) is 12.5. The second kappa shape index (κ2) is 8.18. The lowest BCUT2D eigenvalue weighted by Crippen LogP contribution is -2.32. The van der Waals surface area contributed by atoms with E-state index in [9.17, 15) is 26.4 Å². The summed E-state index contributed by atoms with van der Waals surface area (Å²) >= 11 is 5.71. The van der Waals surface area contributed by atoms with E-state index in [0.717, 1.165) is 12.1 Å². The molecule has 0 saturated carbocycles. The topological polar surface area (TPSA) is 72.5 Å². The molecule has 1 amide bonds. The number of amides is 1. The highest BCUT2D eigenvalue weighted by Crippen LogP contribution is 2.24. The first-order valence-corrected chi connectivity index (χ1v) is 9.63. The van der Waals surface area contributed by atoms with Gasteiger partial charge in [0.1, 0.15) is 11.5 Å². The van der Waals surface area contributed by atoms with Gasteiger partial charge in [0.05, 0.1) is 10.9 Å². The Kier molecular flexibility index (Phi) is 6.38. The molecule has 0 aliphatic rings. The molecule has 1 N–H and O–H groups in total. The van der Waals surface area contributed by atoms with E-state index in [0.29, 0.717) is 10.6 Å². The van der Waals surface area contributed by atoms with Crippen LogP contribution in [0.2, 0.25) is 5.02 Å². The van der Waals surface area contributed by atoms with Crippen LogP contribution in [0.25, 0.3) is 0 Å². The summed E-state index contributed by atoms with van der Waals surface area (Å²) in [7, 11) is -3.85. The second-order valence-corrected chi connectivity index (χ2v) is 8.05. The van der Waals surface area contributed by atoms with Crippen molar-refractivity contribution in [3.63, 3.8) is 0 Å². The van der Waals surface area contributed by atoms with Crippen molar-refractivity contribution in [2.75, 3.05) is 5.75 Å². The molecule has 0 fully saturated rings. The number of halogens is 4. The van der Waals surface area contributed by atoms with Crippen LogP contribution in [0.3, 0.4) is 0 Å². The van der Waals surface area contributed by atoms with Gasteiger partial charge >= 0.3 is 6.36 Å². The Bertz CT molecular complexity index is 897. The number of carbonyl (C=O) groups is 1. The molecule has 146 valence electrons. The van der Waals surface area contributed by atoms with Gasteiger partial charge in [-0.15, -0.1) is 13.2 Å². The fourth-order valence-electron chi connectivity index (χ4n) is 2.22. The zero-order chi connectivity index (χ0) is 20.2. The van der Waals surface area contributed by atoms with Gasteiger partial charge < -0.3 is 10.1 Å². The van der Waals surface area contributed by atoms with E-state index in [1.54, 1.807) is 6.92 Å². The standard InChI is InChI=1S/C17H15ClF3NO4S/c1-11(12-2-6-14(7-3-12)26-17(19,20)21)22-16(23)10-27(24,25)15-8-4-13(18)5-9-15/h2-9,11H,10H2,1H3,(H,22,23). The number of alkyl halides is 3. The van der Waals surface area contributed by atoms with E-state index in [2.05, 4.69) is 10.1 Å². The largest absolute Gasteiger partial charge is 0.573 e. The molecule has 0 aromatic heterocycles. The van der Waals surface area contributed by atoms with Crippen LogP contribution >= 0.6 is 11.6 Å². The molecule has 0 aliphatic carbocycles. The average Bonchev–Trinajstić information content (AvgIpc) is 2.53. The van der Waals surface area contributed by atoms with E-state index in [4.69, 9.17) is 11.6 Å². The normalized spacial score (nSPS) is 13.1. The summed E-state index contributed by atoms with van der Waals surface area (Å²) in [4.78, 5) is 12.0. The highest BCUT2D eigenvalue weighted by molar-refractivity contribution is 7.92. The first-order valence-electron chi connectivity index (χ1n) is 7.60. The average molecular weight is 422 g/mol. The third kappa shape index (κ3) is 6.44. The van der Waals surface area contributed by atoms with Gasteiger partial charge in [0.15, 0.2) is 9.84 Å². The molecule has 10 heteroatoms. The van der Waals surface area contributed by atoms with E-state index in [1.165, 1.54) is 36.4 Å². The van der Waals surface area contributed by atoms with Gasteiger partial charge in [0.25, 0.3) is 0 Å². The predicted molar refractivity (Wildman–Crippen MR) is 93.2 cm³/mol. The maximum Gasteiger partial charge on any atom is 0.573 e. The quantitative estimate of drug-likeness (QED) is 0.768. The Morgan fingerprint density at radius 1 is 1.11 bits per heavy atom. The third-order valence-electron chi connectivity index (χ3n) is 3.49. The molecule has 2 rings (SSSR count). The molecule has 2 aromatic rings. The summed E-state index contributed by atoms with van der Waals surface area (Å²) in [6, 6.07) is 9.70. The van der Waals surface area contributed by atoms with Crippen LogP contribution in [0, 0.1) is 0 Å². The van der Waals surface area contributed by atoms with Crippen molar-refractivity contribution in [2.45, 2.75) is 24.2 Å². The number of nitrogens with one attached hydrogen (secondary N) is 1. The minimum atomic E-state index is -4.79. The van der Waals surface area contributed by atoms with Gasteiger partial charge in [0, 0.05) is 5.02 Å². The summed E-state index contributed by atoms with van der Waals surface area (Å²) in [5.74, 6) is -1.91. The Morgan fingerprint density at radius 3 is 2.19 bits per heavy atom. The predicted octanol–water partition coefficient (Wildman–Crippen LogP) is 3.89. The maximum absolute atomic E-state index is 12.2. The zero-order valence-corrected chi connectivity index (χ0v) is 15.5. The molecule has 5 nitrogen and oxygen atoms in total. The van der Waals surface area contributed by atoms with Gasteiger partial charge in [-0.1, -0.05) is 23.7 Å². The monoisotopic (exact) mass is 421 g/mol. The van der Waals surface area contributed by atoms with Crippen LogP contribution in [0.4, 0.5) is 13.2 Å². The van der Waals surface area contributed by atoms with Crippen LogP contribution in [-0.4, -0.2) is 26.4 Å². The smallest absolute Gasteiger partial charge is 0.406 e. The molecule has 0 radical (unpaired) electrons. The van der Waals surface area contributed by atoms with E-state index >= 15 is 0 Å². The number of hydrogen-bond acceptors (Lipinski definition) is 4. The Balaban J connectivity index is 1.99. The maximum atomic E-state index is 12.2. The Morgan fingerprint density at radius 2 is 1.67 bits per heavy atom. The van der Waals surface area contributed by atoms with Gasteiger partial charge in [-0.3, -0.25) is 4.79 Å². The second-order valence-electron chi connectivity index (χ2n) is 5.62. The van der Waals surface area contributed by atoms with Crippen LogP contribution in [0.1, 0.15) is 18.5 Å². The van der Waals surface area contributed by atoms with Gasteiger partial charge in [-0.25, -0.2) is 8.42 Å². The molecule has 0 heterocycles. The number of carbonyl (C=O) groups excluding carboxylic acids is 1. The molecule has 0 aliphatic heterocycles. The summed E-state index contributed by atoms with van der Waals surface area (Å²) < 4.78 is 64.7. The fraction of sp³-hybridized carbons (Fsp3) is 0.235. The third-order valence-corrected chi connectivity index (χ3v) is 5.37. The number of hydrogen-bond donors (Lipinski definition) is 1.